The molecule has 0 saturated carbocycles. The van der Waals surface area contributed by atoms with E-state index < -0.39 is 0 Å². The number of halogens is 1. The summed E-state index contributed by atoms with van der Waals surface area (Å²) in [6.07, 6.45) is 0. The molecule has 0 bridgehead atoms. The van der Waals surface area contributed by atoms with Crippen molar-refractivity contribution < 1.29 is 14.3 Å². The molecule has 0 radical (unpaired) electrons. The summed E-state index contributed by atoms with van der Waals surface area (Å²) in [5.41, 5.74) is 1.68. The molecular weight excluding hydrogens is 388 g/mol. The van der Waals surface area contributed by atoms with E-state index in [2.05, 4.69) is 36.8 Å². The molecule has 2 rings (SSSR count). The van der Waals surface area contributed by atoms with Crippen LogP contribution in [-0.2, 0) is 9.53 Å². The van der Waals surface area contributed by atoms with E-state index in [9.17, 15) is 9.59 Å². The molecule has 138 valence electrons. The van der Waals surface area contributed by atoms with Crippen molar-refractivity contribution in [3.05, 3.63) is 28.2 Å². The standard InChI is InChI=1S/C17H25BrN4O3/c1-12-9-14(18)3-4-15(12)21-16(23)10-19-17(24)20-13(2)11-22-5-7-25-8-6-22/h3-4,9,13H,5-8,10-11H2,1-2H3,(H,21,23)(H2,19,20,24). The highest BCUT2D eigenvalue weighted by atomic mass is 79.9. The molecule has 1 aromatic rings. The minimum Gasteiger partial charge on any atom is -0.379 e. The smallest absolute Gasteiger partial charge is 0.315 e. The second-order valence-electron chi connectivity index (χ2n) is 6.15. The first kappa shape index (κ1) is 19.7. The number of benzene rings is 1. The molecule has 0 aliphatic carbocycles. The Morgan fingerprint density at radius 1 is 1.32 bits per heavy atom. The minimum absolute atomic E-state index is 0.00474. The Kier molecular flexibility index (Phi) is 7.67. The van der Waals surface area contributed by atoms with E-state index in [-0.39, 0.29) is 24.5 Å². The molecule has 0 spiro atoms. The van der Waals surface area contributed by atoms with Crippen molar-refractivity contribution in [3.63, 3.8) is 0 Å². The molecule has 1 aromatic carbocycles. The molecular formula is C17H25BrN4O3. The van der Waals surface area contributed by atoms with Gasteiger partial charge in [0.2, 0.25) is 5.91 Å². The van der Waals surface area contributed by atoms with E-state index in [4.69, 9.17) is 4.74 Å². The zero-order valence-corrected chi connectivity index (χ0v) is 16.2. The molecule has 1 atom stereocenters. The lowest BCUT2D eigenvalue weighted by Crippen LogP contribution is -2.49. The number of amides is 3. The number of rotatable bonds is 6. The van der Waals surface area contributed by atoms with Crippen LogP contribution >= 0.6 is 15.9 Å². The number of nitrogens with one attached hydrogen (secondary N) is 3. The number of morpholine rings is 1. The van der Waals surface area contributed by atoms with Crippen LogP contribution < -0.4 is 16.0 Å². The van der Waals surface area contributed by atoms with Gasteiger partial charge in [0.25, 0.3) is 0 Å². The summed E-state index contributed by atoms with van der Waals surface area (Å²) in [5.74, 6) is -0.263. The van der Waals surface area contributed by atoms with Gasteiger partial charge in [0, 0.05) is 35.8 Å². The molecule has 1 aliphatic heterocycles. The van der Waals surface area contributed by atoms with Crippen molar-refractivity contribution in [1.29, 1.82) is 0 Å². The largest absolute Gasteiger partial charge is 0.379 e. The number of carbonyl (C=O) groups is 2. The molecule has 1 aliphatic rings. The fourth-order valence-corrected chi connectivity index (χ4v) is 3.09. The number of ether oxygens (including phenoxy) is 1. The predicted molar refractivity (Wildman–Crippen MR) is 101 cm³/mol. The first-order chi connectivity index (χ1) is 11.9. The molecule has 7 nitrogen and oxygen atoms in total. The number of urea groups is 1. The number of anilines is 1. The highest BCUT2D eigenvalue weighted by Gasteiger charge is 2.15. The van der Waals surface area contributed by atoms with Crippen LogP contribution in [0.5, 0.6) is 0 Å². The Balaban J connectivity index is 1.68. The van der Waals surface area contributed by atoms with Gasteiger partial charge in [0.1, 0.15) is 0 Å². The van der Waals surface area contributed by atoms with Crippen LogP contribution in [0.15, 0.2) is 22.7 Å². The second kappa shape index (κ2) is 9.74. The highest BCUT2D eigenvalue weighted by molar-refractivity contribution is 9.10. The summed E-state index contributed by atoms with van der Waals surface area (Å²) in [6.45, 7) is 7.76. The minimum atomic E-state index is -0.344. The molecule has 8 heteroatoms. The van der Waals surface area contributed by atoms with Crippen molar-refractivity contribution in [2.45, 2.75) is 19.9 Å². The van der Waals surface area contributed by atoms with Crippen LogP contribution in [0.3, 0.4) is 0 Å². The Bertz CT molecular complexity index is 606. The lowest BCUT2D eigenvalue weighted by molar-refractivity contribution is -0.115. The molecule has 25 heavy (non-hydrogen) atoms. The SMILES string of the molecule is Cc1cc(Br)ccc1NC(=O)CNC(=O)NC(C)CN1CCOCC1. The number of carbonyl (C=O) groups excluding carboxylic acids is 2. The highest BCUT2D eigenvalue weighted by Crippen LogP contribution is 2.19. The number of aryl methyl sites for hydroxylation is 1. The lowest BCUT2D eigenvalue weighted by atomic mass is 10.2. The third kappa shape index (κ3) is 7.01. The summed E-state index contributed by atoms with van der Waals surface area (Å²) in [4.78, 5) is 26.1. The summed E-state index contributed by atoms with van der Waals surface area (Å²) in [7, 11) is 0. The average Bonchev–Trinajstić information content (AvgIpc) is 2.56. The van der Waals surface area contributed by atoms with Crippen molar-refractivity contribution in [2.75, 3.05) is 44.7 Å². The third-order valence-electron chi connectivity index (χ3n) is 3.89. The van der Waals surface area contributed by atoms with E-state index in [1.807, 2.05) is 32.0 Å². The Hall–Kier alpha value is -1.64. The van der Waals surface area contributed by atoms with Gasteiger partial charge in [-0.15, -0.1) is 0 Å². The van der Waals surface area contributed by atoms with Crippen LogP contribution in [0.4, 0.5) is 10.5 Å². The molecule has 1 unspecified atom stereocenters. The van der Waals surface area contributed by atoms with Crippen molar-refractivity contribution >= 4 is 33.6 Å². The van der Waals surface area contributed by atoms with E-state index in [1.54, 1.807) is 0 Å². The second-order valence-corrected chi connectivity index (χ2v) is 7.06. The van der Waals surface area contributed by atoms with Crippen LogP contribution in [0.2, 0.25) is 0 Å². The van der Waals surface area contributed by atoms with Gasteiger partial charge < -0.3 is 20.7 Å². The lowest BCUT2D eigenvalue weighted by Gasteiger charge is -2.29. The Labute approximate surface area is 156 Å². The topological polar surface area (TPSA) is 82.7 Å². The molecule has 0 aromatic heterocycles. The zero-order valence-electron chi connectivity index (χ0n) is 14.6. The monoisotopic (exact) mass is 412 g/mol. The quantitative estimate of drug-likeness (QED) is 0.664. The predicted octanol–water partition coefficient (Wildman–Crippen LogP) is 1.72. The van der Waals surface area contributed by atoms with Crippen molar-refractivity contribution in [3.8, 4) is 0 Å². The van der Waals surface area contributed by atoms with Gasteiger partial charge in [-0.25, -0.2) is 4.79 Å². The molecule has 3 amide bonds. The zero-order chi connectivity index (χ0) is 18.2. The van der Waals surface area contributed by atoms with Gasteiger partial charge >= 0.3 is 6.03 Å². The van der Waals surface area contributed by atoms with Crippen LogP contribution in [0, 0.1) is 6.92 Å². The normalized spacial score (nSPS) is 16.1. The van der Waals surface area contributed by atoms with Gasteiger partial charge in [0.05, 0.1) is 19.8 Å². The van der Waals surface area contributed by atoms with E-state index in [0.29, 0.717) is 0 Å². The number of hydrogen-bond acceptors (Lipinski definition) is 4. The first-order valence-corrected chi connectivity index (χ1v) is 9.14. The van der Waals surface area contributed by atoms with E-state index >= 15 is 0 Å². The van der Waals surface area contributed by atoms with Crippen LogP contribution in [0.1, 0.15) is 12.5 Å². The van der Waals surface area contributed by atoms with Gasteiger partial charge in [-0.3, -0.25) is 9.69 Å². The summed E-state index contributed by atoms with van der Waals surface area (Å²) in [5, 5.41) is 8.22. The maximum absolute atomic E-state index is 12.0. The van der Waals surface area contributed by atoms with Crippen molar-refractivity contribution in [2.24, 2.45) is 0 Å². The van der Waals surface area contributed by atoms with Gasteiger partial charge in [-0.05, 0) is 37.6 Å². The maximum atomic E-state index is 12.0. The molecule has 1 fully saturated rings. The van der Waals surface area contributed by atoms with E-state index in [0.717, 1.165) is 48.6 Å². The fraction of sp³-hybridized carbons (Fsp3) is 0.529. The van der Waals surface area contributed by atoms with Gasteiger partial charge in [0.15, 0.2) is 0 Å². The summed E-state index contributed by atoms with van der Waals surface area (Å²) in [6, 6.07) is 5.25. The van der Waals surface area contributed by atoms with Crippen LogP contribution in [0.25, 0.3) is 0 Å². The molecule has 1 saturated heterocycles. The van der Waals surface area contributed by atoms with E-state index in [1.165, 1.54) is 0 Å². The average molecular weight is 413 g/mol. The maximum Gasteiger partial charge on any atom is 0.315 e. The third-order valence-corrected chi connectivity index (χ3v) is 4.38. The number of hydrogen-bond donors (Lipinski definition) is 3. The summed E-state index contributed by atoms with van der Waals surface area (Å²) >= 11 is 3.38. The Morgan fingerprint density at radius 3 is 2.72 bits per heavy atom. The summed E-state index contributed by atoms with van der Waals surface area (Å²) < 4.78 is 6.26. The first-order valence-electron chi connectivity index (χ1n) is 8.34. The van der Waals surface area contributed by atoms with Crippen LogP contribution in [-0.4, -0.2) is 62.3 Å². The Morgan fingerprint density at radius 2 is 2.04 bits per heavy atom. The van der Waals surface area contributed by atoms with Crippen molar-refractivity contribution in [1.82, 2.24) is 15.5 Å². The fourth-order valence-electron chi connectivity index (χ4n) is 2.61. The van der Waals surface area contributed by atoms with Gasteiger partial charge in [-0.2, -0.15) is 0 Å². The molecule has 3 N–H and O–H groups in total. The molecule has 1 heterocycles. The van der Waals surface area contributed by atoms with Gasteiger partial charge in [-0.1, -0.05) is 15.9 Å². The number of nitrogens with zero attached hydrogens (tertiary/aromatic N) is 1.